The predicted molar refractivity (Wildman–Crippen MR) is 95.8 cm³/mol. The lowest BCUT2D eigenvalue weighted by atomic mass is 9.96. The van der Waals surface area contributed by atoms with Crippen LogP contribution in [-0.2, 0) is 9.59 Å². The monoisotopic (exact) mass is 360 g/mol. The molecule has 0 aliphatic carbocycles. The number of hydrogen-bond acceptors (Lipinski definition) is 4. The van der Waals surface area contributed by atoms with Crippen molar-refractivity contribution in [1.29, 1.82) is 0 Å². The molecule has 2 saturated heterocycles. The largest absolute Gasteiger partial charge is 0.497 e. The number of ether oxygens (including phenoxy) is 1. The third-order valence-electron chi connectivity index (χ3n) is 5.02. The van der Waals surface area contributed by atoms with E-state index in [9.17, 15) is 14.4 Å². The number of primary amides is 1. The Hall–Kier alpha value is -2.77. The number of nitrogens with two attached hydrogens (primary N) is 1. The number of nitrogens with one attached hydrogen (secondary N) is 1. The van der Waals surface area contributed by atoms with Gasteiger partial charge < -0.3 is 25.6 Å². The summed E-state index contributed by atoms with van der Waals surface area (Å²) in [6.45, 7) is 1.44. The van der Waals surface area contributed by atoms with Gasteiger partial charge in [-0.3, -0.25) is 9.59 Å². The lowest BCUT2D eigenvalue weighted by Gasteiger charge is -2.31. The van der Waals surface area contributed by atoms with E-state index in [2.05, 4.69) is 5.32 Å². The van der Waals surface area contributed by atoms with Gasteiger partial charge in [-0.1, -0.05) is 0 Å². The number of amides is 4. The molecule has 2 aliphatic heterocycles. The van der Waals surface area contributed by atoms with E-state index in [4.69, 9.17) is 10.5 Å². The SMILES string of the molecule is COc1ccc(N2C[C@@H](NC(=O)N3CCC(C(N)=O)CC3)CC2=O)cc1. The van der Waals surface area contributed by atoms with Gasteiger partial charge in [0.25, 0.3) is 0 Å². The zero-order valence-electron chi connectivity index (χ0n) is 14.8. The summed E-state index contributed by atoms with van der Waals surface area (Å²) in [4.78, 5) is 39.3. The Labute approximate surface area is 152 Å². The molecular formula is C18H24N4O4. The molecule has 0 radical (unpaired) electrons. The molecule has 1 aromatic rings. The second-order valence-electron chi connectivity index (χ2n) is 6.72. The Bertz CT molecular complexity index is 683. The van der Waals surface area contributed by atoms with Crippen LogP contribution in [0.2, 0.25) is 0 Å². The molecule has 0 unspecified atom stereocenters. The zero-order chi connectivity index (χ0) is 18.7. The van der Waals surface area contributed by atoms with Crippen molar-refractivity contribution in [3.05, 3.63) is 24.3 Å². The first-order valence-corrected chi connectivity index (χ1v) is 8.77. The number of urea groups is 1. The van der Waals surface area contributed by atoms with E-state index in [0.717, 1.165) is 11.4 Å². The molecule has 26 heavy (non-hydrogen) atoms. The molecule has 3 rings (SSSR count). The van der Waals surface area contributed by atoms with Crippen molar-refractivity contribution < 1.29 is 19.1 Å². The van der Waals surface area contributed by atoms with Gasteiger partial charge in [-0.15, -0.1) is 0 Å². The second kappa shape index (κ2) is 7.63. The zero-order valence-corrected chi connectivity index (χ0v) is 14.8. The molecular weight excluding hydrogens is 336 g/mol. The van der Waals surface area contributed by atoms with Crippen molar-refractivity contribution in [2.24, 2.45) is 11.7 Å². The number of likely N-dealkylation sites (tertiary alicyclic amines) is 1. The van der Waals surface area contributed by atoms with Crippen molar-refractivity contribution in [1.82, 2.24) is 10.2 Å². The van der Waals surface area contributed by atoms with Crippen LogP contribution in [-0.4, -0.2) is 55.5 Å². The summed E-state index contributed by atoms with van der Waals surface area (Å²) in [5.41, 5.74) is 6.10. The normalized spacial score (nSPS) is 21.0. The fourth-order valence-electron chi connectivity index (χ4n) is 3.45. The third kappa shape index (κ3) is 3.89. The summed E-state index contributed by atoms with van der Waals surface area (Å²) in [6.07, 6.45) is 1.45. The Morgan fingerprint density at radius 3 is 2.42 bits per heavy atom. The second-order valence-corrected chi connectivity index (χ2v) is 6.72. The molecule has 0 bridgehead atoms. The van der Waals surface area contributed by atoms with Gasteiger partial charge in [0.2, 0.25) is 11.8 Å². The Morgan fingerprint density at radius 1 is 1.19 bits per heavy atom. The van der Waals surface area contributed by atoms with Crippen molar-refractivity contribution in [2.75, 3.05) is 31.6 Å². The standard InChI is InChI=1S/C18H24N4O4/c1-26-15-4-2-14(3-5-15)22-11-13(10-16(22)23)20-18(25)21-8-6-12(7-9-21)17(19)24/h2-5,12-13H,6-11H2,1H3,(H2,19,24)(H,20,25)/t13-/m0/s1. The fraction of sp³-hybridized carbons (Fsp3) is 0.500. The highest BCUT2D eigenvalue weighted by atomic mass is 16.5. The van der Waals surface area contributed by atoms with Crippen LogP contribution in [0.5, 0.6) is 5.75 Å². The Kier molecular flexibility index (Phi) is 5.29. The minimum absolute atomic E-state index is 0.0205. The average Bonchev–Trinajstić information content (AvgIpc) is 3.02. The van der Waals surface area contributed by atoms with Crippen LogP contribution in [0.3, 0.4) is 0 Å². The van der Waals surface area contributed by atoms with Gasteiger partial charge in [0, 0.05) is 37.7 Å². The smallest absolute Gasteiger partial charge is 0.317 e. The summed E-state index contributed by atoms with van der Waals surface area (Å²) >= 11 is 0. The molecule has 8 nitrogen and oxygen atoms in total. The number of benzene rings is 1. The summed E-state index contributed by atoms with van der Waals surface area (Å²) in [5.74, 6) is 0.247. The quantitative estimate of drug-likeness (QED) is 0.825. The maximum absolute atomic E-state index is 12.4. The molecule has 0 spiro atoms. The maximum Gasteiger partial charge on any atom is 0.317 e. The minimum Gasteiger partial charge on any atom is -0.497 e. The van der Waals surface area contributed by atoms with E-state index in [-0.39, 0.29) is 36.2 Å². The van der Waals surface area contributed by atoms with E-state index in [1.165, 1.54) is 0 Å². The van der Waals surface area contributed by atoms with Crippen LogP contribution in [0.15, 0.2) is 24.3 Å². The van der Waals surface area contributed by atoms with Crippen LogP contribution < -0.4 is 20.7 Å². The predicted octanol–water partition coefficient (Wildman–Crippen LogP) is 0.707. The van der Waals surface area contributed by atoms with E-state index < -0.39 is 0 Å². The van der Waals surface area contributed by atoms with Gasteiger partial charge in [-0.05, 0) is 37.1 Å². The number of methoxy groups -OCH3 is 1. The van der Waals surface area contributed by atoms with E-state index in [1.54, 1.807) is 29.0 Å². The molecule has 0 aromatic heterocycles. The molecule has 2 heterocycles. The molecule has 1 atom stereocenters. The van der Waals surface area contributed by atoms with E-state index >= 15 is 0 Å². The lowest BCUT2D eigenvalue weighted by molar-refractivity contribution is -0.123. The van der Waals surface area contributed by atoms with E-state index in [1.807, 2.05) is 12.1 Å². The first kappa shape index (κ1) is 18.0. The number of rotatable bonds is 4. The first-order chi connectivity index (χ1) is 12.5. The highest BCUT2D eigenvalue weighted by Crippen LogP contribution is 2.24. The minimum atomic E-state index is -0.304. The van der Waals surface area contributed by atoms with Gasteiger partial charge in [-0.2, -0.15) is 0 Å². The molecule has 4 amide bonds. The highest BCUT2D eigenvalue weighted by molar-refractivity contribution is 5.96. The van der Waals surface area contributed by atoms with E-state index in [0.29, 0.717) is 32.5 Å². The highest BCUT2D eigenvalue weighted by Gasteiger charge is 2.33. The summed E-state index contributed by atoms with van der Waals surface area (Å²) in [5, 5.41) is 2.93. The van der Waals surface area contributed by atoms with Crippen LogP contribution in [0.1, 0.15) is 19.3 Å². The lowest BCUT2D eigenvalue weighted by Crippen LogP contribution is -2.49. The Balaban J connectivity index is 1.54. The van der Waals surface area contributed by atoms with Crippen LogP contribution in [0.4, 0.5) is 10.5 Å². The average molecular weight is 360 g/mol. The van der Waals surface area contributed by atoms with Gasteiger partial charge >= 0.3 is 6.03 Å². The molecule has 2 aliphatic rings. The summed E-state index contributed by atoms with van der Waals surface area (Å²) in [6, 6.07) is 6.84. The summed E-state index contributed by atoms with van der Waals surface area (Å²) < 4.78 is 5.13. The molecule has 8 heteroatoms. The Morgan fingerprint density at radius 2 is 1.85 bits per heavy atom. The molecule has 140 valence electrons. The van der Waals surface area contributed by atoms with Crippen molar-refractivity contribution in [2.45, 2.75) is 25.3 Å². The fourth-order valence-corrected chi connectivity index (χ4v) is 3.45. The first-order valence-electron chi connectivity index (χ1n) is 8.77. The molecule has 3 N–H and O–H groups in total. The number of hydrogen-bond donors (Lipinski definition) is 2. The van der Waals surface area contributed by atoms with Crippen LogP contribution >= 0.6 is 0 Å². The maximum atomic E-state index is 12.4. The topological polar surface area (TPSA) is 105 Å². The molecule has 2 fully saturated rings. The number of anilines is 1. The van der Waals surface area contributed by atoms with Gasteiger partial charge in [-0.25, -0.2) is 4.79 Å². The van der Waals surface area contributed by atoms with Crippen molar-refractivity contribution in [3.8, 4) is 5.75 Å². The molecule has 0 saturated carbocycles. The number of carbonyl (C=O) groups is 3. The molecule has 1 aromatic carbocycles. The van der Waals surface area contributed by atoms with Gasteiger partial charge in [0.15, 0.2) is 0 Å². The summed E-state index contributed by atoms with van der Waals surface area (Å²) in [7, 11) is 1.59. The van der Waals surface area contributed by atoms with Crippen LogP contribution in [0.25, 0.3) is 0 Å². The van der Waals surface area contributed by atoms with Gasteiger partial charge in [0.1, 0.15) is 5.75 Å². The van der Waals surface area contributed by atoms with Crippen LogP contribution in [0, 0.1) is 5.92 Å². The van der Waals surface area contributed by atoms with Gasteiger partial charge in [0.05, 0.1) is 13.2 Å². The van der Waals surface area contributed by atoms with Crippen molar-refractivity contribution >= 4 is 23.5 Å². The third-order valence-corrected chi connectivity index (χ3v) is 5.02. The number of nitrogens with zero attached hydrogens (tertiary/aromatic N) is 2. The number of piperidine rings is 1. The number of carbonyl (C=O) groups excluding carboxylic acids is 3. The van der Waals surface area contributed by atoms with Crippen molar-refractivity contribution in [3.63, 3.8) is 0 Å².